The van der Waals surface area contributed by atoms with Crippen LogP contribution in [0.15, 0.2) is 24.5 Å². The molecule has 0 aliphatic rings. The van der Waals surface area contributed by atoms with E-state index in [9.17, 15) is 24.0 Å². The number of unbranched alkanes of at least 4 members (excludes halogenated alkanes) is 22. The summed E-state index contributed by atoms with van der Waals surface area (Å²) in [6.45, 7) is 4.25. The first-order valence-electron chi connectivity index (χ1n) is 17.8. The van der Waals surface area contributed by atoms with Crippen molar-refractivity contribution in [3.63, 3.8) is 0 Å². The van der Waals surface area contributed by atoms with Crippen molar-refractivity contribution >= 4 is 15.2 Å². The molecule has 0 aliphatic carbocycles. The van der Waals surface area contributed by atoms with E-state index in [1.54, 1.807) is 0 Å². The summed E-state index contributed by atoms with van der Waals surface area (Å²) in [7, 11) is -10.1. The fraction of sp³-hybridized carbons (Fsp3) is 0.853. The zero-order chi connectivity index (χ0) is 32.4. The van der Waals surface area contributed by atoms with Gasteiger partial charge in [-0.1, -0.05) is 161 Å². The second kappa shape index (κ2) is 25.5. The van der Waals surface area contributed by atoms with Crippen molar-refractivity contribution in [1.82, 2.24) is 4.98 Å². The number of aromatic nitrogens is 1. The van der Waals surface area contributed by atoms with E-state index in [1.165, 1.54) is 121 Å². The normalized spacial score (nSPS) is 15.9. The third kappa shape index (κ3) is 16.8. The Bertz CT molecular complexity index is 853. The van der Waals surface area contributed by atoms with Crippen LogP contribution in [0.3, 0.4) is 0 Å². The van der Waals surface area contributed by atoms with Gasteiger partial charge in [-0.05, 0) is 18.9 Å². The van der Waals surface area contributed by atoms with Crippen molar-refractivity contribution in [1.29, 1.82) is 0 Å². The van der Waals surface area contributed by atoms with E-state index in [0.29, 0.717) is 12.8 Å². The van der Waals surface area contributed by atoms with Gasteiger partial charge < -0.3 is 23.9 Å². The largest absolute Gasteiger partial charge is 0.376 e. The number of aliphatic hydroxyl groups is 1. The molecular formula is C34H65NO7P2. The van der Waals surface area contributed by atoms with Crippen LogP contribution in [0, 0.1) is 0 Å². The van der Waals surface area contributed by atoms with Crippen LogP contribution in [0.2, 0.25) is 0 Å². The first-order valence-corrected chi connectivity index (χ1v) is 21.0. The Morgan fingerprint density at radius 2 is 0.909 bits per heavy atom. The highest BCUT2D eigenvalue weighted by Crippen LogP contribution is 2.77. The summed E-state index contributed by atoms with van der Waals surface area (Å²) in [6.07, 6.45) is 29.8. The Labute approximate surface area is 269 Å². The molecule has 10 heteroatoms. The number of hydrogen-bond donors (Lipinski definition) is 3. The van der Waals surface area contributed by atoms with E-state index in [-0.39, 0.29) is 18.8 Å². The molecule has 3 N–H and O–H groups in total. The van der Waals surface area contributed by atoms with E-state index in [0.717, 1.165) is 44.7 Å². The highest BCUT2D eigenvalue weighted by Gasteiger charge is 2.63. The number of pyridine rings is 1. The average molecular weight is 662 g/mol. The van der Waals surface area contributed by atoms with Gasteiger partial charge in [0.15, 0.2) is 0 Å². The summed E-state index contributed by atoms with van der Waals surface area (Å²) < 4.78 is 37.3. The molecular weight excluding hydrogens is 596 g/mol. The minimum absolute atomic E-state index is 0.105. The standard InChI is InChI=1S/C34H65NO7P2/c1-3-5-7-9-11-13-15-17-19-21-23-25-30-41-43(37,38)34(36,33-28-27-29-35-32-33)44(39,40)42-31-26-24-22-20-18-16-14-12-10-8-6-4-2/h27-29,32,36H,3-26,30-31H2,1-2H3,(H,37,38)(H,39,40). The summed E-state index contributed by atoms with van der Waals surface area (Å²) in [6, 6.07) is 2.72. The van der Waals surface area contributed by atoms with Crippen molar-refractivity contribution in [2.75, 3.05) is 13.2 Å². The zero-order valence-electron chi connectivity index (χ0n) is 28.0. The first-order chi connectivity index (χ1) is 21.2. The summed E-state index contributed by atoms with van der Waals surface area (Å²) in [5, 5.41) is 8.28. The molecule has 0 saturated carbocycles. The molecule has 0 radical (unpaired) electrons. The van der Waals surface area contributed by atoms with Crippen LogP contribution in [0.25, 0.3) is 0 Å². The van der Waals surface area contributed by atoms with E-state index in [4.69, 9.17) is 9.05 Å². The molecule has 1 heterocycles. The lowest BCUT2D eigenvalue weighted by molar-refractivity contribution is 0.101. The van der Waals surface area contributed by atoms with Gasteiger partial charge in [0, 0.05) is 18.0 Å². The number of rotatable bonds is 31. The molecule has 0 bridgehead atoms. The maximum atomic E-state index is 13.4. The van der Waals surface area contributed by atoms with Crippen LogP contribution in [0.1, 0.15) is 174 Å². The summed E-state index contributed by atoms with van der Waals surface area (Å²) >= 11 is 0. The Balaban J connectivity index is 2.43. The average Bonchev–Trinajstić information content (AvgIpc) is 3.01. The topological polar surface area (TPSA) is 126 Å². The van der Waals surface area contributed by atoms with Crippen molar-refractivity contribution in [3.05, 3.63) is 30.1 Å². The van der Waals surface area contributed by atoms with Gasteiger partial charge in [-0.25, -0.2) is 0 Å². The van der Waals surface area contributed by atoms with Crippen LogP contribution in [0.5, 0.6) is 0 Å². The minimum atomic E-state index is -5.05. The Morgan fingerprint density at radius 1 is 0.591 bits per heavy atom. The second-order valence-corrected chi connectivity index (χ2v) is 16.6. The number of nitrogens with zero attached hydrogens (tertiary/aromatic N) is 1. The van der Waals surface area contributed by atoms with E-state index < -0.39 is 20.3 Å². The van der Waals surface area contributed by atoms with Crippen molar-refractivity contribution in [3.8, 4) is 0 Å². The van der Waals surface area contributed by atoms with Gasteiger partial charge in [0.1, 0.15) is 0 Å². The van der Waals surface area contributed by atoms with Crippen LogP contribution in [0.4, 0.5) is 0 Å². The van der Waals surface area contributed by atoms with Gasteiger partial charge in [0.2, 0.25) is 0 Å². The van der Waals surface area contributed by atoms with Gasteiger partial charge in [0.25, 0.3) is 5.08 Å². The first kappa shape index (κ1) is 41.4. The molecule has 0 aromatic carbocycles. The molecule has 2 unspecified atom stereocenters. The monoisotopic (exact) mass is 661 g/mol. The lowest BCUT2D eigenvalue weighted by atomic mass is 10.1. The summed E-state index contributed by atoms with van der Waals surface area (Å²) in [5.74, 6) is 0. The molecule has 44 heavy (non-hydrogen) atoms. The van der Waals surface area contributed by atoms with Crippen LogP contribution in [-0.4, -0.2) is 33.1 Å². The minimum Gasteiger partial charge on any atom is -0.364 e. The molecule has 0 spiro atoms. The smallest absolute Gasteiger partial charge is 0.364 e. The molecule has 8 nitrogen and oxygen atoms in total. The third-order valence-electron chi connectivity index (χ3n) is 8.37. The highest BCUT2D eigenvalue weighted by atomic mass is 31.2. The van der Waals surface area contributed by atoms with Gasteiger partial charge in [-0.15, -0.1) is 0 Å². The molecule has 1 rings (SSSR count). The Hall–Kier alpha value is -0.590. The van der Waals surface area contributed by atoms with Gasteiger partial charge >= 0.3 is 15.2 Å². The van der Waals surface area contributed by atoms with E-state index in [1.807, 2.05) is 0 Å². The van der Waals surface area contributed by atoms with Crippen LogP contribution >= 0.6 is 15.2 Å². The van der Waals surface area contributed by atoms with Crippen molar-refractivity contribution < 1.29 is 33.1 Å². The van der Waals surface area contributed by atoms with Crippen molar-refractivity contribution in [2.24, 2.45) is 0 Å². The van der Waals surface area contributed by atoms with Crippen LogP contribution < -0.4 is 0 Å². The predicted octanol–water partition coefficient (Wildman–Crippen LogP) is 11.0. The lowest BCUT2D eigenvalue weighted by Crippen LogP contribution is -2.28. The number of hydrogen-bond acceptors (Lipinski definition) is 6. The molecule has 1 aromatic heterocycles. The van der Waals surface area contributed by atoms with Gasteiger partial charge in [-0.2, -0.15) is 0 Å². The fourth-order valence-electron chi connectivity index (χ4n) is 5.49. The molecule has 0 aliphatic heterocycles. The fourth-order valence-corrected chi connectivity index (χ4v) is 9.14. The molecule has 2 atom stereocenters. The third-order valence-corrected chi connectivity index (χ3v) is 13.0. The van der Waals surface area contributed by atoms with E-state index in [2.05, 4.69) is 18.8 Å². The molecule has 0 amide bonds. The zero-order valence-corrected chi connectivity index (χ0v) is 29.8. The lowest BCUT2D eigenvalue weighted by Gasteiger charge is -2.34. The molecule has 0 saturated heterocycles. The van der Waals surface area contributed by atoms with Gasteiger partial charge in [0.05, 0.1) is 13.2 Å². The summed E-state index contributed by atoms with van der Waals surface area (Å²) in [5.41, 5.74) is -0.277. The molecule has 1 aromatic rings. The molecule has 0 fully saturated rings. The summed E-state index contributed by atoms with van der Waals surface area (Å²) in [4.78, 5) is 25.6. The Kier molecular flexibility index (Phi) is 24.0. The predicted molar refractivity (Wildman–Crippen MR) is 182 cm³/mol. The highest BCUT2D eigenvalue weighted by molar-refractivity contribution is 7.72. The van der Waals surface area contributed by atoms with Crippen molar-refractivity contribution in [2.45, 2.75) is 173 Å². The van der Waals surface area contributed by atoms with Crippen LogP contribution in [-0.2, 0) is 23.3 Å². The second-order valence-electron chi connectivity index (χ2n) is 12.4. The SMILES string of the molecule is CCCCCCCCCCCCCCOP(=O)(O)C(O)(c1cccnc1)P(=O)(O)OCCCCCCCCCCCCCC. The quantitative estimate of drug-likeness (QED) is 0.0530. The maximum absolute atomic E-state index is 13.4. The molecule has 258 valence electrons. The maximum Gasteiger partial charge on any atom is 0.376 e. The van der Waals surface area contributed by atoms with Gasteiger partial charge in [-0.3, -0.25) is 14.1 Å². The van der Waals surface area contributed by atoms with E-state index >= 15 is 0 Å². The Morgan fingerprint density at radius 3 is 1.20 bits per heavy atom.